The third kappa shape index (κ3) is 5.42. The predicted molar refractivity (Wildman–Crippen MR) is 137 cm³/mol. The van der Waals surface area contributed by atoms with Crippen LogP contribution in [0.1, 0.15) is 55.6 Å². The van der Waals surface area contributed by atoms with E-state index in [0.29, 0.717) is 24.7 Å². The molecular formula is C29H37N3O3. The number of para-hydroxylation sites is 1. The van der Waals surface area contributed by atoms with Gasteiger partial charge >= 0.3 is 0 Å². The largest absolute Gasteiger partial charge is 0.486 e. The molecule has 1 N–H and O–H groups in total. The van der Waals surface area contributed by atoms with E-state index in [0.717, 1.165) is 74.7 Å². The predicted octanol–water partition coefficient (Wildman–Crippen LogP) is 4.57. The van der Waals surface area contributed by atoms with Gasteiger partial charge in [-0.3, -0.25) is 4.90 Å². The number of aliphatic hydroxyl groups is 1. The molecule has 35 heavy (non-hydrogen) atoms. The molecule has 0 bridgehead atoms. The maximum atomic E-state index is 11.5. The van der Waals surface area contributed by atoms with Crippen molar-refractivity contribution >= 4 is 5.69 Å². The molecule has 0 spiro atoms. The second-order valence-corrected chi connectivity index (χ2v) is 10.1. The zero-order valence-electron chi connectivity index (χ0n) is 20.6. The molecule has 186 valence electrons. The fourth-order valence-electron chi connectivity index (χ4n) is 6.08. The van der Waals surface area contributed by atoms with Crippen molar-refractivity contribution in [3.63, 3.8) is 0 Å². The van der Waals surface area contributed by atoms with Crippen LogP contribution in [0.25, 0.3) is 0 Å². The molecule has 1 saturated carbocycles. The average Bonchev–Trinajstić information content (AvgIpc) is 2.94. The molecule has 0 amide bonds. The third-order valence-electron chi connectivity index (χ3n) is 8.04. The minimum atomic E-state index is -0.390. The van der Waals surface area contributed by atoms with E-state index in [1.54, 1.807) is 0 Å². The SMILES string of the molecule is N#Cc1ccccc1C(CCN1CCN(c2cccc3c2OCCO3)CC1)C(O)C1CCCCC1. The quantitative estimate of drug-likeness (QED) is 0.633. The molecule has 1 saturated heterocycles. The molecule has 2 fully saturated rings. The van der Waals surface area contributed by atoms with E-state index in [1.807, 2.05) is 36.4 Å². The van der Waals surface area contributed by atoms with E-state index < -0.39 is 0 Å². The first-order valence-electron chi connectivity index (χ1n) is 13.3. The molecule has 2 unspecified atom stereocenters. The van der Waals surface area contributed by atoms with Crippen LogP contribution in [0.3, 0.4) is 0 Å². The van der Waals surface area contributed by atoms with E-state index in [1.165, 1.54) is 19.3 Å². The smallest absolute Gasteiger partial charge is 0.184 e. The molecule has 1 aliphatic carbocycles. The molecule has 2 aromatic rings. The second kappa shape index (κ2) is 11.3. The van der Waals surface area contributed by atoms with Crippen molar-refractivity contribution in [3.05, 3.63) is 53.6 Å². The number of aliphatic hydroxyl groups excluding tert-OH is 1. The number of piperazine rings is 1. The summed E-state index contributed by atoms with van der Waals surface area (Å²) in [5.41, 5.74) is 2.84. The Morgan fingerprint density at radius 3 is 2.51 bits per heavy atom. The summed E-state index contributed by atoms with van der Waals surface area (Å²) in [7, 11) is 0. The van der Waals surface area contributed by atoms with Gasteiger partial charge in [-0.2, -0.15) is 5.26 Å². The zero-order chi connectivity index (χ0) is 24.0. The zero-order valence-corrected chi connectivity index (χ0v) is 20.6. The van der Waals surface area contributed by atoms with E-state index in [-0.39, 0.29) is 12.0 Å². The van der Waals surface area contributed by atoms with Crippen LogP contribution in [-0.2, 0) is 0 Å². The highest BCUT2D eigenvalue weighted by molar-refractivity contribution is 5.65. The maximum Gasteiger partial charge on any atom is 0.184 e. The lowest BCUT2D eigenvalue weighted by Crippen LogP contribution is -2.47. The Bertz CT molecular complexity index is 1020. The van der Waals surface area contributed by atoms with Gasteiger partial charge in [0.1, 0.15) is 13.2 Å². The summed E-state index contributed by atoms with van der Waals surface area (Å²) < 4.78 is 11.7. The van der Waals surface area contributed by atoms with Gasteiger partial charge in [0, 0.05) is 32.1 Å². The van der Waals surface area contributed by atoms with E-state index in [9.17, 15) is 10.4 Å². The fourth-order valence-corrected chi connectivity index (χ4v) is 6.08. The number of rotatable bonds is 7. The Morgan fingerprint density at radius 1 is 0.943 bits per heavy atom. The Labute approximate surface area is 209 Å². The third-order valence-corrected chi connectivity index (χ3v) is 8.04. The van der Waals surface area contributed by atoms with Gasteiger partial charge in [-0.1, -0.05) is 43.5 Å². The van der Waals surface area contributed by atoms with Gasteiger partial charge < -0.3 is 19.5 Å². The summed E-state index contributed by atoms with van der Waals surface area (Å²) in [6.07, 6.45) is 6.35. The molecule has 2 atom stereocenters. The number of nitrogens with zero attached hydrogens (tertiary/aromatic N) is 3. The summed E-state index contributed by atoms with van der Waals surface area (Å²) in [5.74, 6) is 2.05. The molecule has 0 aromatic heterocycles. The second-order valence-electron chi connectivity index (χ2n) is 10.1. The van der Waals surface area contributed by atoms with Crippen molar-refractivity contribution in [2.45, 2.75) is 50.5 Å². The van der Waals surface area contributed by atoms with Crippen LogP contribution in [-0.4, -0.2) is 62.0 Å². The Kier molecular flexibility index (Phi) is 7.75. The minimum absolute atomic E-state index is 0.00123. The lowest BCUT2D eigenvalue weighted by atomic mass is 9.76. The Balaban J connectivity index is 1.24. The molecule has 3 aliphatic rings. The molecule has 0 radical (unpaired) electrons. The first-order chi connectivity index (χ1) is 17.2. The summed E-state index contributed by atoms with van der Waals surface area (Å²) in [5, 5.41) is 21.2. The number of nitriles is 1. The van der Waals surface area contributed by atoms with Crippen LogP contribution in [0, 0.1) is 17.2 Å². The van der Waals surface area contributed by atoms with Crippen molar-refractivity contribution in [1.29, 1.82) is 5.26 Å². The van der Waals surface area contributed by atoms with Gasteiger partial charge in [0.2, 0.25) is 0 Å². The Hall–Kier alpha value is -2.75. The first-order valence-corrected chi connectivity index (χ1v) is 13.3. The molecule has 5 rings (SSSR count). The van der Waals surface area contributed by atoms with Gasteiger partial charge in [0.05, 0.1) is 23.4 Å². The monoisotopic (exact) mass is 475 g/mol. The number of benzene rings is 2. The van der Waals surface area contributed by atoms with Crippen LogP contribution in [0.2, 0.25) is 0 Å². The molecular weight excluding hydrogens is 438 g/mol. The standard InChI is InChI=1S/C29H37N3O3/c30-21-23-9-4-5-10-24(23)25(28(33)22-7-2-1-3-8-22)13-14-31-15-17-32(18-16-31)26-11-6-12-27-29(26)35-20-19-34-27/h4-6,9-12,22,25,28,33H,1-3,7-8,13-20H2. The number of ether oxygens (including phenoxy) is 2. The molecule has 6 nitrogen and oxygen atoms in total. The summed E-state index contributed by atoms with van der Waals surface area (Å²) in [6, 6.07) is 16.4. The van der Waals surface area contributed by atoms with Gasteiger partial charge in [0.25, 0.3) is 0 Å². The van der Waals surface area contributed by atoms with E-state index in [4.69, 9.17) is 9.47 Å². The highest BCUT2D eigenvalue weighted by Gasteiger charge is 2.32. The molecule has 2 aliphatic heterocycles. The van der Waals surface area contributed by atoms with Crippen molar-refractivity contribution in [2.24, 2.45) is 5.92 Å². The molecule has 2 aromatic carbocycles. The first kappa shape index (κ1) is 24.0. The topological polar surface area (TPSA) is 69.0 Å². The summed E-state index contributed by atoms with van der Waals surface area (Å²) in [6.45, 7) is 5.93. The highest BCUT2D eigenvalue weighted by Crippen LogP contribution is 2.40. The molecule has 6 heteroatoms. The normalized spacial score (nSPS) is 20.7. The highest BCUT2D eigenvalue weighted by atomic mass is 16.6. The summed E-state index contributed by atoms with van der Waals surface area (Å²) in [4.78, 5) is 4.89. The van der Waals surface area contributed by atoms with Crippen molar-refractivity contribution in [1.82, 2.24) is 4.90 Å². The lowest BCUT2D eigenvalue weighted by molar-refractivity contribution is 0.0535. The number of anilines is 1. The molecule has 2 heterocycles. The van der Waals surface area contributed by atoms with Gasteiger partial charge in [0.15, 0.2) is 11.5 Å². The van der Waals surface area contributed by atoms with Crippen LogP contribution < -0.4 is 14.4 Å². The van der Waals surface area contributed by atoms with Crippen LogP contribution in [0.15, 0.2) is 42.5 Å². The van der Waals surface area contributed by atoms with E-state index >= 15 is 0 Å². The maximum absolute atomic E-state index is 11.5. The van der Waals surface area contributed by atoms with Crippen molar-refractivity contribution < 1.29 is 14.6 Å². The minimum Gasteiger partial charge on any atom is -0.486 e. The number of hydrogen-bond donors (Lipinski definition) is 1. The number of fused-ring (bicyclic) bond motifs is 1. The van der Waals surface area contributed by atoms with E-state index in [2.05, 4.69) is 21.9 Å². The van der Waals surface area contributed by atoms with Crippen LogP contribution in [0.5, 0.6) is 11.5 Å². The fraction of sp³-hybridized carbons (Fsp3) is 0.552. The Morgan fingerprint density at radius 2 is 1.71 bits per heavy atom. The van der Waals surface area contributed by atoms with Gasteiger partial charge in [-0.15, -0.1) is 0 Å². The van der Waals surface area contributed by atoms with Crippen LogP contribution >= 0.6 is 0 Å². The van der Waals surface area contributed by atoms with Gasteiger partial charge in [-0.25, -0.2) is 0 Å². The number of hydrogen-bond acceptors (Lipinski definition) is 6. The summed E-state index contributed by atoms with van der Waals surface area (Å²) >= 11 is 0. The average molecular weight is 476 g/mol. The van der Waals surface area contributed by atoms with Crippen LogP contribution in [0.4, 0.5) is 5.69 Å². The van der Waals surface area contributed by atoms with Crippen molar-refractivity contribution in [2.75, 3.05) is 50.8 Å². The van der Waals surface area contributed by atoms with Gasteiger partial charge in [-0.05, 0) is 55.5 Å². The van der Waals surface area contributed by atoms with Crippen molar-refractivity contribution in [3.8, 4) is 17.6 Å². The lowest BCUT2D eigenvalue weighted by Gasteiger charge is -2.39.